The first kappa shape index (κ1) is 10.7. The highest BCUT2D eigenvalue weighted by Crippen LogP contribution is 2.28. The third-order valence-electron chi connectivity index (χ3n) is 3.02. The van der Waals surface area contributed by atoms with E-state index in [4.69, 9.17) is 5.73 Å². The first-order chi connectivity index (χ1) is 6.09. The molecule has 0 aliphatic heterocycles. The van der Waals surface area contributed by atoms with Crippen LogP contribution < -0.4 is 5.73 Å². The number of hydrogen-bond acceptors (Lipinski definition) is 2. The molecule has 0 heterocycles. The molecule has 2 nitrogen and oxygen atoms in total. The molecular weight excluding hydrogens is 162 g/mol. The minimum Gasteiger partial charge on any atom is -0.328 e. The number of ketones is 1. The Morgan fingerprint density at radius 3 is 2.62 bits per heavy atom. The standard InChI is InChI=1S/C11H21NO/c1-8(2)11(13)6-4-9-3-5-10(12)7-9/h8-10H,3-7,12H2,1-2H3/t9-,10-/m1/s1. The molecule has 1 aliphatic carbocycles. The molecule has 2 N–H and O–H groups in total. The van der Waals surface area contributed by atoms with Gasteiger partial charge in [0.05, 0.1) is 0 Å². The van der Waals surface area contributed by atoms with E-state index in [0.29, 0.717) is 11.8 Å². The largest absolute Gasteiger partial charge is 0.328 e. The maximum Gasteiger partial charge on any atom is 0.135 e. The van der Waals surface area contributed by atoms with E-state index < -0.39 is 0 Å². The van der Waals surface area contributed by atoms with Crippen molar-refractivity contribution in [2.45, 2.75) is 52.0 Å². The van der Waals surface area contributed by atoms with Gasteiger partial charge in [-0.3, -0.25) is 4.79 Å². The summed E-state index contributed by atoms with van der Waals surface area (Å²) >= 11 is 0. The second-order valence-electron chi connectivity index (χ2n) is 4.60. The summed E-state index contributed by atoms with van der Waals surface area (Å²) in [7, 11) is 0. The van der Waals surface area contributed by atoms with Crippen molar-refractivity contribution in [3.8, 4) is 0 Å². The predicted molar refractivity (Wildman–Crippen MR) is 54.4 cm³/mol. The lowest BCUT2D eigenvalue weighted by atomic mass is 9.96. The monoisotopic (exact) mass is 183 g/mol. The normalized spacial score (nSPS) is 28.3. The van der Waals surface area contributed by atoms with Crippen molar-refractivity contribution in [1.29, 1.82) is 0 Å². The number of Topliss-reactive ketones (excluding diaryl/α,β-unsaturated/α-hetero) is 1. The lowest BCUT2D eigenvalue weighted by Crippen LogP contribution is -2.15. The lowest BCUT2D eigenvalue weighted by Gasteiger charge is -2.09. The van der Waals surface area contributed by atoms with Gasteiger partial charge < -0.3 is 5.73 Å². The first-order valence-electron chi connectivity index (χ1n) is 5.38. The Hall–Kier alpha value is -0.370. The fourth-order valence-electron chi connectivity index (χ4n) is 2.01. The molecule has 0 spiro atoms. The van der Waals surface area contributed by atoms with E-state index in [9.17, 15) is 4.79 Å². The van der Waals surface area contributed by atoms with Gasteiger partial charge in [0.15, 0.2) is 0 Å². The second kappa shape index (κ2) is 4.75. The molecular formula is C11H21NO. The second-order valence-corrected chi connectivity index (χ2v) is 4.60. The van der Waals surface area contributed by atoms with Gasteiger partial charge in [0.1, 0.15) is 5.78 Å². The van der Waals surface area contributed by atoms with E-state index in [1.807, 2.05) is 13.8 Å². The van der Waals surface area contributed by atoms with Crippen LogP contribution in [0.3, 0.4) is 0 Å². The van der Waals surface area contributed by atoms with Crippen LogP contribution in [0, 0.1) is 11.8 Å². The smallest absolute Gasteiger partial charge is 0.135 e. The molecule has 0 unspecified atom stereocenters. The summed E-state index contributed by atoms with van der Waals surface area (Å²) in [4.78, 5) is 11.3. The fourth-order valence-corrected chi connectivity index (χ4v) is 2.01. The van der Waals surface area contributed by atoms with Crippen molar-refractivity contribution in [2.24, 2.45) is 17.6 Å². The average Bonchev–Trinajstić information content (AvgIpc) is 2.47. The number of hydrogen-bond donors (Lipinski definition) is 1. The van der Waals surface area contributed by atoms with Crippen molar-refractivity contribution in [1.82, 2.24) is 0 Å². The quantitative estimate of drug-likeness (QED) is 0.725. The lowest BCUT2D eigenvalue weighted by molar-refractivity contribution is -0.122. The predicted octanol–water partition coefficient (Wildman–Crippen LogP) is 2.12. The molecule has 0 radical (unpaired) electrons. The number of carbonyl (C=O) groups excluding carboxylic acids is 1. The van der Waals surface area contributed by atoms with E-state index in [0.717, 1.165) is 31.6 Å². The summed E-state index contributed by atoms with van der Waals surface area (Å²) in [6.45, 7) is 3.95. The van der Waals surface area contributed by atoms with Crippen molar-refractivity contribution >= 4 is 5.78 Å². The molecule has 13 heavy (non-hydrogen) atoms. The van der Waals surface area contributed by atoms with Gasteiger partial charge in [0, 0.05) is 18.4 Å². The molecule has 1 aliphatic rings. The highest BCUT2D eigenvalue weighted by molar-refractivity contribution is 5.80. The molecule has 0 bridgehead atoms. The fraction of sp³-hybridized carbons (Fsp3) is 0.909. The van der Waals surface area contributed by atoms with Crippen LogP contribution in [-0.2, 0) is 4.79 Å². The van der Waals surface area contributed by atoms with E-state index in [-0.39, 0.29) is 5.92 Å². The topological polar surface area (TPSA) is 43.1 Å². The summed E-state index contributed by atoms with van der Waals surface area (Å²) < 4.78 is 0. The van der Waals surface area contributed by atoms with Gasteiger partial charge in [0.2, 0.25) is 0 Å². The highest BCUT2D eigenvalue weighted by Gasteiger charge is 2.22. The minimum absolute atomic E-state index is 0.204. The summed E-state index contributed by atoms with van der Waals surface area (Å²) in [6.07, 6.45) is 5.33. The molecule has 0 aromatic rings. The number of rotatable bonds is 4. The van der Waals surface area contributed by atoms with Crippen molar-refractivity contribution in [3.63, 3.8) is 0 Å². The van der Waals surface area contributed by atoms with Gasteiger partial charge in [-0.15, -0.1) is 0 Å². The van der Waals surface area contributed by atoms with E-state index in [2.05, 4.69) is 0 Å². The summed E-state index contributed by atoms with van der Waals surface area (Å²) in [5.41, 5.74) is 5.81. The van der Waals surface area contributed by atoms with Crippen molar-refractivity contribution in [2.75, 3.05) is 0 Å². The highest BCUT2D eigenvalue weighted by atomic mass is 16.1. The first-order valence-corrected chi connectivity index (χ1v) is 5.38. The van der Waals surface area contributed by atoms with Gasteiger partial charge in [0.25, 0.3) is 0 Å². The van der Waals surface area contributed by atoms with Crippen LogP contribution in [0.2, 0.25) is 0 Å². The Labute approximate surface area is 80.9 Å². The van der Waals surface area contributed by atoms with Crippen LogP contribution in [0.15, 0.2) is 0 Å². The van der Waals surface area contributed by atoms with Crippen LogP contribution in [0.1, 0.15) is 46.0 Å². The molecule has 1 saturated carbocycles. The third-order valence-corrected chi connectivity index (χ3v) is 3.02. The van der Waals surface area contributed by atoms with Gasteiger partial charge in [-0.25, -0.2) is 0 Å². The van der Waals surface area contributed by atoms with Crippen LogP contribution in [0.25, 0.3) is 0 Å². The van der Waals surface area contributed by atoms with Crippen LogP contribution in [0.5, 0.6) is 0 Å². The Morgan fingerprint density at radius 1 is 1.46 bits per heavy atom. The van der Waals surface area contributed by atoms with E-state index >= 15 is 0 Å². The number of nitrogens with two attached hydrogens (primary N) is 1. The SMILES string of the molecule is CC(C)C(=O)CC[C@H]1CC[C@@H](N)C1. The van der Waals surface area contributed by atoms with Gasteiger partial charge >= 0.3 is 0 Å². The molecule has 2 atom stereocenters. The van der Waals surface area contributed by atoms with E-state index in [1.165, 1.54) is 6.42 Å². The molecule has 0 aromatic heterocycles. The summed E-state index contributed by atoms with van der Waals surface area (Å²) in [5.74, 6) is 1.33. The zero-order valence-corrected chi connectivity index (χ0v) is 8.75. The molecule has 2 heteroatoms. The van der Waals surface area contributed by atoms with Gasteiger partial charge in [-0.2, -0.15) is 0 Å². The molecule has 0 aromatic carbocycles. The summed E-state index contributed by atoms with van der Waals surface area (Å²) in [5, 5.41) is 0. The van der Waals surface area contributed by atoms with Gasteiger partial charge in [-0.1, -0.05) is 13.8 Å². The molecule has 0 saturated heterocycles. The maximum atomic E-state index is 11.3. The maximum absolute atomic E-state index is 11.3. The average molecular weight is 183 g/mol. The molecule has 1 rings (SSSR count). The third kappa shape index (κ3) is 3.47. The van der Waals surface area contributed by atoms with Crippen LogP contribution in [-0.4, -0.2) is 11.8 Å². The number of carbonyl (C=O) groups is 1. The Bertz CT molecular complexity index is 177. The molecule has 0 amide bonds. The van der Waals surface area contributed by atoms with Gasteiger partial charge in [-0.05, 0) is 31.6 Å². The minimum atomic E-state index is 0.204. The Kier molecular flexibility index (Phi) is 3.91. The Balaban J connectivity index is 2.16. The van der Waals surface area contributed by atoms with E-state index in [1.54, 1.807) is 0 Å². The summed E-state index contributed by atoms with van der Waals surface area (Å²) in [6, 6.07) is 0.402. The van der Waals surface area contributed by atoms with Crippen LogP contribution >= 0.6 is 0 Å². The zero-order valence-electron chi connectivity index (χ0n) is 8.75. The van der Waals surface area contributed by atoms with Crippen molar-refractivity contribution in [3.05, 3.63) is 0 Å². The molecule has 76 valence electrons. The zero-order chi connectivity index (χ0) is 9.84. The van der Waals surface area contributed by atoms with Crippen molar-refractivity contribution < 1.29 is 4.79 Å². The Morgan fingerprint density at radius 2 is 2.15 bits per heavy atom. The van der Waals surface area contributed by atoms with Crippen LogP contribution in [0.4, 0.5) is 0 Å². The molecule has 1 fully saturated rings.